The number of nitrogens with zero attached hydrogens (tertiary/aromatic N) is 2. The van der Waals surface area contributed by atoms with Crippen molar-refractivity contribution in [1.82, 2.24) is 14.9 Å². The number of alkyl halides is 3. The molecule has 13 heteroatoms. The van der Waals surface area contributed by atoms with E-state index in [1.165, 1.54) is 12.1 Å². The Morgan fingerprint density at radius 2 is 1.83 bits per heavy atom. The van der Waals surface area contributed by atoms with Gasteiger partial charge in [0.1, 0.15) is 28.9 Å². The Labute approximate surface area is 193 Å². The van der Waals surface area contributed by atoms with Crippen molar-refractivity contribution in [1.29, 1.82) is 0 Å². The molecule has 1 saturated carbocycles. The minimum absolute atomic E-state index is 0.169. The summed E-state index contributed by atoms with van der Waals surface area (Å²) in [6.07, 6.45) is -3.56. The number of rotatable bonds is 7. The number of nitrogens with one attached hydrogen (secondary N) is 2. The zero-order valence-corrected chi connectivity index (χ0v) is 17.9. The maximum Gasteiger partial charge on any atom is 0.408 e. The molecule has 2 aromatic heterocycles. The quantitative estimate of drug-likeness (QED) is 0.434. The fraction of sp³-hybridized carbons (Fsp3) is 0.318. The fourth-order valence-corrected chi connectivity index (χ4v) is 3.71. The normalized spacial score (nSPS) is 14.7. The first kappa shape index (κ1) is 24.5. The second-order valence-electron chi connectivity index (χ2n) is 8.07. The Hall–Kier alpha value is -3.61. The number of carbonyl (C=O) groups is 1. The molecule has 35 heavy (non-hydrogen) atoms. The summed E-state index contributed by atoms with van der Waals surface area (Å²) in [5, 5.41) is 4.35. The summed E-state index contributed by atoms with van der Waals surface area (Å²) in [4.78, 5) is 30.0. The second-order valence-corrected chi connectivity index (χ2v) is 8.07. The number of amides is 1. The van der Waals surface area contributed by atoms with Gasteiger partial charge in [0.15, 0.2) is 17.3 Å². The molecular formula is C22H19F6N5O2. The molecule has 1 fully saturated rings. The van der Waals surface area contributed by atoms with Gasteiger partial charge >= 0.3 is 6.18 Å². The van der Waals surface area contributed by atoms with Crippen LogP contribution < -0.4 is 21.8 Å². The van der Waals surface area contributed by atoms with Crippen molar-refractivity contribution in [3.8, 4) is 5.69 Å². The Kier molecular flexibility index (Phi) is 6.45. The Morgan fingerprint density at radius 3 is 2.40 bits per heavy atom. The number of aromatic nitrogens is 2. The van der Waals surface area contributed by atoms with Crippen LogP contribution in [0.4, 0.5) is 32.2 Å². The van der Waals surface area contributed by atoms with Gasteiger partial charge in [-0.15, -0.1) is 0 Å². The summed E-state index contributed by atoms with van der Waals surface area (Å²) in [6.45, 7) is 0.483. The van der Waals surface area contributed by atoms with E-state index in [9.17, 15) is 35.9 Å². The first-order valence-corrected chi connectivity index (χ1v) is 10.5. The van der Waals surface area contributed by atoms with Crippen LogP contribution in [-0.2, 0) is 0 Å². The summed E-state index contributed by atoms with van der Waals surface area (Å²) >= 11 is 0. The molecular weight excluding hydrogens is 480 g/mol. The molecule has 4 N–H and O–H groups in total. The van der Waals surface area contributed by atoms with Crippen molar-refractivity contribution in [2.45, 2.75) is 25.1 Å². The third kappa shape index (κ3) is 4.94. The van der Waals surface area contributed by atoms with E-state index in [2.05, 4.69) is 10.3 Å². The van der Waals surface area contributed by atoms with Crippen LogP contribution in [0.5, 0.6) is 0 Å². The largest absolute Gasteiger partial charge is 0.408 e. The minimum Gasteiger partial charge on any atom is -0.369 e. The van der Waals surface area contributed by atoms with E-state index in [1.807, 2.05) is 5.32 Å². The highest BCUT2D eigenvalue weighted by atomic mass is 19.4. The molecule has 7 nitrogen and oxygen atoms in total. The topological polar surface area (TPSA) is 102 Å². The zero-order chi connectivity index (χ0) is 25.5. The highest BCUT2D eigenvalue weighted by Gasteiger charge is 2.49. The molecule has 0 radical (unpaired) electrons. The van der Waals surface area contributed by atoms with Crippen LogP contribution >= 0.6 is 0 Å². The highest BCUT2D eigenvalue weighted by Crippen LogP contribution is 2.40. The predicted molar refractivity (Wildman–Crippen MR) is 115 cm³/mol. The number of benzene rings is 1. The third-order valence-electron chi connectivity index (χ3n) is 5.50. The molecule has 1 amide bonds. The van der Waals surface area contributed by atoms with Gasteiger partial charge < -0.3 is 16.4 Å². The van der Waals surface area contributed by atoms with Crippen LogP contribution in [-0.4, -0.2) is 40.8 Å². The van der Waals surface area contributed by atoms with Gasteiger partial charge in [0, 0.05) is 31.4 Å². The maximum atomic E-state index is 14.7. The van der Waals surface area contributed by atoms with Crippen LogP contribution in [0.25, 0.3) is 16.7 Å². The lowest BCUT2D eigenvalue weighted by atomic mass is 10.1. The molecule has 1 aliphatic rings. The molecule has 0 aliphatic heterocycles. The number of carbonyl (C=O) groups excluding carboxylic acids is 1. The lowest BCUT2D eigenvalue weighted by Crippen LogP contribution is -2.48. The molecule has 0 saturated heterocycles. The molecule has 2 heterocycles. The number of fused-ring (bicyclic) bond motifs is 1. The molecule has 4 rings (SSSR count). The van der Waals surface area contributed by atoms with Gasteiger partial charge in [-0.3, -0.25) is 14.2 Å². The molecule has 0 bridgehead atoms. The molecule has 1 unspecified atom stereocenters. The fourth-order valence-electron chi connectivity index (χ4n) is 3.71. The van der Waals surface area contributed by atoms with Crippen molar-refractivity contribution >= 4 is 22.8 Å². The molecule has 0 spiro atoms. The number of hydrogen-bond donors (Lipinski definition) is 3. The first-order chi connectivity index (χ1) is 16.5. The smallest absolute Gasteiger partial charge is 0.369 e. The van der Waals surface area contributed by atoms with Crippen LogP contribution in [0.3, 0.4) is 0 Å². The molecule has 1 aromatic carbocycles. The highest BCUT2D eigenvalue weighted by molar-refractivity contribution is 5.97. The Balaban J connectivity index is 1.91. The van der Waals surface area contributed by atoms with E-state index in [0.29, 0.717) is 22.9 Å². The van der Waals surface area contributed by atoms with Crippen LogP contribution in [0.2, 0.25) is 0 Å². The summed E-state index contributed by atoms with van der Waals surface area (Å²) < 4.78 is 83.8. The van der Waals surface area contributed by atoms with E-state index in [-0.39, 0.29) is 42.8 Å². The molecule has 1 aliphatic carbocycles. The third-order valence-corrected chi connectivity index (χ3v) is 5.50. The first-order valence-electron chi connectivity index (χ1n) is 10.5. The van der Waals surface area contributed by atoms with Gasteiger partial charge in [0.2, 0.25) is 5.43 Å². The van der Waals surface area contributed by atoms with E-state index < -0.39 is 58.2 Å². The second kappa shape index (κ2) is 9.21. The number of nitrogens with two attached hydrogens (primary N) is 1. The Bertz CT molecular complexity index is 1330. The van der Waals surface area contributed by atoms with Crippen molar-refractivity contribution in [3.63, 3.8) is 0 Å². The van der Waals surface area contributed by atoms with Gasteiger partial charge in [0.05, 0.1) is 5.39 Å². The minimum atomic E-state index is -4.76. The summed E-state index contributed by atoms with van der Waals surface area (Å²) in [5.41, 5.74) is 2.46. The van der Waals surface area contributed by atoms with Crippen molar-refractivity contribution in [2.75, 3.05) is 18.4 Å². The van der Waals surface area contributed by atoms with Gasteiger partial charge in [-0.1, -0.05) is 0 Å². The van der Waals surface area contributed by atoms with Crippen molar-refractivity contribution in [3.05, 3.63) is 63.7 Å². The predicted octanol–water partition coefficient (Wildman–Crippen LogP) is 3.24. The molecule has 3 aromatic rings. The molecule has 1 atom stereocenters. The average molecular weight is 499 g/mol. The number of hydrogen-bond acceptors (Lipinski definition) is 5. The maximum absolute atomic E-state index is 14.7. The van der Waals surface area contributed by atoms with Gasteiger partial charge in [0.25, 0.3) is 5.91 Å². The van der Waals surface area contributed by atoms with Crippen molar-refractivity contribution in [2.24, 2.45) is 11.7 Å². The molecule has 186 valence electrons. The average Bonchev–Trinajstić information content (AvgIpc) is 3.61. The van der Waals surface area contributed by atoms with E-state index >= 15 is 0 Å². The summed E-state index contributed by atoms with van der Waals surface area (Å²) in [6, 6.07) is 1.12. The van der Waals surface area contributed by atoms with Crippen LogP contribution in [0, 0.1) is 23.4 Å². The Morgan fingerprint density at radius 1 is 1.17 bits per heavy atom. The standard InChI is InChI=1S/C22H19F6N5O2/c23-11-7-14(24)17(15(25)8-11)33-9-13(21(35)32-19(10-1-2-10)22(26,27)28)18(34)12-3-4-16(30-6-5-29)31-20(12)33/h3-4,7-10,19H,1-2,5-6,29H2,(H,30,31)(H,32,35). The van der Waals surface area contributed by atoms with E-state index in [4.69, 9.17) is 5.73 Å². The zero-order valence-electron chi connectivity index (χ0n) is 17.9. The summed E-state index contributed by atoms with van der Waals surface area (Å²) in [7, 11) is 0. The van der Waals surface area contributed by atoms with Crippen LogP contribution in [0.15, 0.2) is 35.3 Å². The lowest BCUT2D eigenvalue weighted by Gasteiger charge is -2.21. The van der Waals surface area contributed by atoms with Gasteiger partial charge in [-0.25, -0.2) is 18.2 Å². The van der Waals surface area contributed by atoms with Crippen LogP contribution in [0.1, 0.15) is 23.2 Å². The van der Waals surface area contributed by atoms with Gasteiger partial charge in [-0.2, -0.15) is 13.2 Å². The van der Waals surface area contributed by atoms with Gasteiger partial charge in [-0.05, 0) is 30.9 Å². The monoisotopic (exact) mass is 499 g/mol. The number of pyridine rings is 2. The number of anilines is 1. The summed E-state index contributed by atoms with van der Waals surface area (Å²) in [5.74, 6) is -6.01. The SMILES string of the molecule is NCCNc1ccc2c(=O)c(C(=O)NC(C3CC3)C(F)(F)F)cn(-c3c(F)cc(F)cc3F)c2n1. The van der Waals surface area contributed by atoms with E-state index in [0.717, 1.165) is 0 Å². The number of halogens is 6. The van der Waals surface area contributed by atoms with Crippen molar-refractivity contribution < 1.29 is 31.1 Å². The van der Waals surface area contributed by atoms with E-state index in [1.54, 1.807) is 0 Å². The lowest BCUT2D eigenvalue weighted by molar-refractivity contribution is -0.158.